The van der Waals surface area contributed by atoms with E-state index in [9.17, 15) is 0 Å². The molecule has 3 rings (SSSR count). The van der Waals surface area contributed by atoms with Crippen LogP contribution >= 0.6 is 12.2 Å². The van der Waals surface area contributed by atoms with E-state index in [-0.39, 0.29) is 11.6 Å². The molecule has 1 unspecified atom stereocenters. The molecule has 0 radical (unpaired) electrons. The Morgan fingerprint density at radius 1 is 1.29 bits per heavy atom. The Kier molecular flexibility index (Phi) is 4.57. The van der Waals surface area contributed by atoms with Gasteiger partial charge in [-0.15, -0.1) is 0 Å². The summed E-state index contributed by atoms with van der Waals surface area (Å²) in [5, 5.41) is 7.15. The fraction of sp³-hybridized carbons (Fsp3) is 0.333. The average Bonchev–Trinajstić information content (AvgIpc) is 2.54. The van der Waals surface area contributed by atoms with E-state index in [4.69, 9.17) is 21.7 Å². The van der Waals surface area contributed by atoms with Gasteiger partial charge in [-0.05, 0) is 56.4 Å². The third kappa shape index (κ3) is 3.76. The number of pyridine rings is 1. The lowest BCUT2D eigenvalue weighted by molar-refractivity contribution is 0.0695. The van der Waals surface area contributed by atoms with Gasteiger partial charge >= 0.3 is 0 Å². The monoisotopic (exact) mass is 343 g/mol. The maximum Gasteiger partial charge on any atom is 0.171 e. The molecule has 126 valence electrons. The number of thiocarbonyl (C=S) groups is 1. The zero-order valence-corrected chi connectivity index (χ0v) is 14.8. The van der Waals surface area contributed by atoms with E-state index in [2.05, 4.69) is 29.5 Å². The topological polar surface area (TPSA) is 55.4 Å². The van der Waals surface area contributed by atoms with Gasteiger partial charge in [0.25, 0.3) is 0 Å². The Hall–Kier alpha value is -2.34. The second-order valence-electron chi connectivity index (χ2n) is 6.36. The summed E-state index contributed by atoms with van der Waals surface area (Å²) in [5.74, 6) is 1.66. The van der Waals surface area contributed by atoms with Crippen LogP contribution in [0.1, 0.15) is 31.9 Å². The van der Waals surface area contributed by atoms with E-state index in [0.717, 1.165) is 29.2 Å². The predicted octanol–water partition coefficient (Wildman–Crippen LogP) is 3.68. The summed E-state index contributed by atoms with van der Waals surface area (Å²) < 4.78 is 11.4. The van der Waals surface area contributed by atoms with Crippen LogP contribution in [0.3, 0.4) is 0 Å². The van der Waals surface area contributed by atoms with Crippen molar-refractivity contribution in [2.24, 2.45) is 0 Å². The van der Waals surface area contributed by atoms with Crippen LogP contribution in [-0.4, -0.2) is 22.8 Å². The molecule has 0 aliphatic carbocycles. The predicted molar refractivity (Wildman–Crippen MR) is 98.7 cm³/mol. The summed E-state index contributed by atoms with van der Waals surface area (Å²) in [5.41, 5.74) is 1.68. The summed E-state index contributed by atoms with van der Waals surface area (Å²) in [4.78, 5) is 4.00. The van der Waals surface area contributed by atoms with Gasteiger partial charge < -0.3 is 20.1 Å². The van der Waals surface area contributed by atoms with Crippen LogP contribution < -0.4 is 20.1 Å². The van der Waals surface area contributed by atoms with Gasteiger partial charge in [0.1, 0.15) is 17.1 Å². The standard InChI is InChI=1S/C18H21N3O2S/c1-18(2)11-15(14-10-13(22-3)4-5-16(14)23-18)21-17(24)20-12-6-8-19-9-7-12/h4-10,15H,11H2,1-3H3,(H2,19,20,21,24). The van der Waals surface area contributed by atoms with Crippen LogP contribution in [-0.2, 0) is 0 Å². The molecule has 0 spiro atoms. The van der Waals surface area contributed by atoms with Crippen molar-refractivity contribution in [3.8, 4) is 11.5 Å². The molecule has 0 saturated heterocycles. The van der Waals surface area contributed by atoms with Crippen molar-refractivity contribution >= 4 is 23.0 Å². The third-order valence-electron chi connectivity index (χ3n) is 3.92. The van der Waals surface area contributed by atoms with Crippen molar-refractivity contribution in [1.82, 2.24) is 10.3 Å². The van der Waals surface area contributed by atoms with Crippen LogP contribution in [0, 0.1) is 0 Å². The van der Waals surface area contributed by atoms with E-state index in [1.54, 1.807) is 19.5 Å². The van der Waals surface area contributed by atoms with Crippen LogP contribution in [0.15, 0.2) is 42.7 Å². The second kappa shape index (κ2) is 6.65. The minimum Gasteiger partial charge on any atom is -0.497 e. The molecular formula is C18H21N3O2S. The molecule has 24 heavy (non-hydrogen) atoms. The van der Waals surface area contributed by atoms with Gasteiger partial charge in [-0.3, -0.25) is 4.98 Å². The zero-order valence-electron chi connectivity index (χ0n) is 14.0. The number of anilines is 1. The fourth-order valence-corrected chi connectivity index (χ4v) is 3.11. The van der Waals surface area contributed by atoms with Gasteiger partial charge in [-0.1, -0.05) is 0 Å². The smallest absolute Gasteiger partial charge is 0.171 e. The maximum absolute atomic E-state index is 6.08. The van der Waals surface area contributed by atoms with E-state index in [0.29, 0.717) is 5.11 Å². The van der Waals surface area contributed by atoms with Gasteiger partial charge in [0.2, 0.25) is 0 Å². The number of fused-ring (bicyclic) bond motifs is 1. The molecule has 1 aliphatic heterocycles. The molecule has 1 atom stereocenters. The normalized spacial score (nSPS) is 18.0. The molecule has 0 saturated carbocycles. The highest BCUT2D eigenvalue weighted by Crippen LogP contribution is 2.41. The number of nitrogens with one attached hydrogen (secondary N) is 2. The number of benzene rings is 1. The molecule has 1 aromatic carbocycles. The number of hydrogen-bond acceptors (Lipinski definition) is 4. The Bertz CT molecular complexity index is 734. The first kappa shape index (κ1) is 16.5. The minimum absolute atomic E-state index is 0.0423. The van der Waals surface area contributed by atoms with Gasteiger partial charge in [-0.25, -0.2) is 0 Å². The number of aromatic nitrogens is 1. The summed E-state index contributed by atoms with van der Waals surface area (Å²) in [6.45, 7) is 4.16. The maximum atomic E-state index is 6.08. The number of rotatable bonds is 3. The van der Waals surface area contributed by atoms with Crippen LogP contribution in [0.2, 0.25) is 0 Å². The highest BCUT2D eigenvalue weighted by Gasteiger charge is 2.34. The summed E-state index contributed by atoms with van der Waals surface area (Å²) in [7, 11) is 1.66. The Balaban J connectivity index is 1.80. The molecule has 2 aromatic rings. The lowest BCUT2D eigenvalue weighted by Crippen LogP contribution is -2.42. The minimum atomic E-state index is -0.272. The lowest BCUT2D eigenvalue weighted by Gasteiger charge is -2.38. The van der Waals surface area contributed by atoms with Crippen molar-refractivity contribution in [3.63, 3.8) is 0 Å². The number of nitrogens with zero attached hydrogens (tertiary/aromatic N) is 1. The Morgan fingerprint density at radius 2 is 2.04 bits per heavy atom. The fourth-order valence-electron chi connectivity index (χ4n) is 2.85. The first-order valence-electron chi connectivity index (χ1n) is 7.81. The van der Waals surface area contributed by atoms with Crippen LogP contribution in [0.25, 0.3) is 0 Å². The Morgan fingerprint density at radius 3 is 2.75 bits per heavy atom. The molecule has 6 heteroatoms. The molecule has 0 fully saturated rings. The highest BCUT2D eigenvalue weighted by atomic mass is 32.1. The largest absolute Gasteiger partial charge is 0.497 e. The Labute approximate surface area is 147 Å². The van der Waals surface area contributed by atoms with Crippen molar-refractivity contribution in [2.45, 2.75) is 31.9 Å². The van der Waals surface area contributed by atoms with E-state index < -0.39 is 0 Å². The van der Waals surface area contributed by atoms with Gasteiger partial charge in [-0.2, -0.15) is 0 Å². The molecule has 0 bridgehead atoms. The number of ether oxygens (including phenoxy) is 2. The van der Waals surface area contributed by atoms with Gasteiger partial charge in [0, 0.05) is 30.1 Å². The van der Waals surface area contributed by atoms with Crippen LogP contribution in [0.5, 0.6) is 11.5 Å². The van der Waals surface area contributed by atoms with Crippen molar-refractivity contribution in [2.75, 3.05) is 12.4 Å². The highest BCUT2D eigenvalue weighted by molar-refractivity contribution is 7.80. The van der Waals surface area contributed by atoms with Crippen LogP contribution in [0.4, 0.5) is 5.69 Å². The molecule has 0 amide bonds. The molecule has 5 nitrogen and oxygen atoms in total. The third-order valence-corrected chi connectivity index (χ3v) is 4.14. The number of methoxy groups -OCH3 is 1. The van der Waals surface area contributed by atoms with Crippen molar-refractivity contribution in [3.05, 3.63) is 48.3 Å². The summed E-state index contributed by atoms with van der Waals surface area (Å²) >= 11 is 5.47. The first-order valence-corrected chi connectivity index (χ1v) is 8.22. The lowest BCUT2D eigenvalue weighted by atomic mass is 9.89. The van der Waals surface area contributed by atoms with Crippen molar-refractivity contribution < 1.29 is 9.47 Å². The van der Waals surface area contributed by atoms with E-state index in [1.807, 2.05) is 30.3 Å². The molecule has 1 aliphatic rings. The molecular weight excluding hydrogens is 322 g/mol. The summed E-state index contributed by atoms with van der Waals surface area (Å²) in [6.07, 6.45) is 4.25. The molecule has 2 N–H and O–H groups in total. The van der Waals surface area contributed by atoms with E-state index >= 15 is 0 Å². The zero-order chi connectivity index (χ0) is 17.2. The van der Waals surface area contributed by atoms with Gasteiger partial charge in [0.15, 0.2) is 5.11 Å². The second-order valence-corrected chi connectivity index (χ2v) is 6.76. The SMILES string of the molecule is COc1ccc2c(c1)C(NC(=S)Nc1ccncc1)CC(C)(C)O2. The van der Waals surface area contributed by atoms with Gasteiger partial charge in [0.05, 0.1) is 13.2 Å². The number of hydrogen-bond donors (Lipinski definition) is 2. The average molecular weight is 343 g/mol. The van der Waals surface area contributed by atoms with Crippen molar-refractivity contribution in [1.29, 1.82) is 0 Å². The molecule has 1 aromatic heterocycles. The molecule has 2 heterocycles. The van der Waals surface area contributed by atoms with E-state index in [1.165, 1.54) is 0 Å². The summed E-state index contributed by atoms with van der Waals surface area (Å²) in [6, 6.07) is 9.64. The quantitative estimate of drug-likeness (QED) is 0.829. The first-order chi connectivity index (χ1) is 11.5.